The van der Waals surface area contributed by atoms with E-state index in [2.05, 4.69) is 4.40 Å². The first-order chi connectivity index (χ1) is 9.50. The highest BCUT2D eigenvalue weighted by atomic mass is 32.2. The van der Waals surface area contributed by atoms with Crippen LogP contribution in [0.4, 0.5) is 4.79 Å². The fourth-order valence-electron chi connectivity index (χ4n) is 2.03. The molecule has 122 valence electrons. The van der Waals surface area contributed by atoms with Gasteiger partial charge in [0.15, 0.2) is 0 Å². The van der Waals surface area contributed by atoms with Gasteiger partial charge in [-0.25, -0.2) is 4.79 Å². The average Bonchev–Trinajstić information content (AvgIpc) is 2.73. The predicted molar refractivity (Wildman–Crippen MR) is 87.0 cm³/mol. The first-order valence-electron chi connectivity index (χ1n) is 7.45. The Labute approximate surface area is 131 Å². The van der Waals surface area contributed by atoms with E-state index >= 15 is 0 Å². The summed E-state index contributed by atoms with van der Waals surface area (Å²) in [4.78, 5) is 13.9. The summed E-state index contributed by atoms with van der Waals surface area (Å²) in [5.41, 5.74) is -0.480. The molecule has 6 heteroatoms. The molecular weight excluding hydrogens is 288 g/mol. The number of hydrogen-bond acceptors (Lipinski definition) is 4. The molecule has 1 heterocycles. The molecule has 2 unspecified atom stereocenters. The van der Waals surface area contributed by atoms with Crippen LogP contribution in [0, 0.1) is 0 Å². The van der Waals surface area contributed by atoms with E-state index in [0.29, 0.717) is 6.42 Å². The second-order valence-corrected chi connectivity index (χ2v) is 9.29. The van der Waals surface area contributed by atoms with Gasteiger partial charge in [-0.3, -0.25) is 0 Å². The van der Waals surface area contributed by atoms with Crippen molar-refractivity contribution in [2.45, 2.75) is 77.2 Å². The van der Waals surface area contributed by atoms with Gasteiger partial charge in [-0.05, 0) is 54.4 Å². The molecule has 1 fully saturated rings. The maximum atomic E-state index is 12.1. The van der Waals surface area contributed by atoms with Gasteiger partial charge in [0.1, 0.15) is 21.7 Å². The van der Waals surface area contributed by atoms with E-state index in [-0.39, 0.29) is 16.9 Å². The molecule has 0 aliphatic carbocycles. The number of amides is 1. The van der Waals surface area contributed by atoms with Crippen molar-refractivity contribution >= 4 is 23.7 Å². The Morgan fingerprint density at radius 1 is 1.38 bits per heavy atom. The van der Waals surface area contributed by atoms with E-state index in [9.17, 15) is 9.35 Å². The molecule has 1 rings (SSSR count). The van der Waals surface area contributed by atoms with Crippen LogP contribution in [0.3, 0.4) is 0 Å². The molecule has 21 heavy (non-hydrogen) atoms. The van der Waals surface area contributed by atoms with Crippen molar-refractivity contribution in [2.75, 3.05) is 6.54 Å². The Kier molecular flexibility index (Phi) is 6.11. The third-order valence-corrected chi connectivity index (χ3v) is 4.47. The molecule has 5 nitrogen and oxygen atoms in total. The zero-order valence-corrected chi connectivity index (χ0v) is 14.8. The van der Waals surface area contributed by atoms with Crippen LogP contribution in [0.5, 0.6) is 0 Å². The molecular formula is C15H28N2O3S. The van der Waals surface area contributed by atoms with E-state index in [1.165, 1.54) is 0 Å². The lowest BCUT2D eigenvalue weighted by atomic mass is 10.1. The number of ether oxygens (including phenoxy) is 1. The quantitative estimate of drug-likeness (QED) is 0.592. The number of carbonyl (C=O) groups is 1. The minimum absolute atomic E-state index is 0.0977. The van der Waals surface area contributed by atoms with E-state index in [0.717, 1.165) is 19.4 Å². The first kappa shape index (κ1) is 18.3. The lowest BCUT2D eigenvalue weighted by Crippen LogP contribution is -2.40. The number of rotatable bonds is 3. The molecule has 0 aromatic carbocycles. The summed E-state index contributed by atoms with van der Waals surface area (Å²) in [5.74, 6) is 0. The average molecular weight is 316 g/mol. The Balaban J connectivity index is 2.55. The van der Waals surface area contributed by atoms with Gasteiger partial charge in [0.05, 0.1) is 6.21 Å². The van der Waals surface area contributed by atoms with Gasteiger partial charge in [-0.2, -0.15) is 0 Å². The Bertz CT molecular complexity index is 385. The van der Waals surface area contributed by atoms with Gasteiger partial charge in [0, 0.05) is 19.0 Å². The summed E-state index contributed by atoms with van der Waals surface area (Å²) in [5, 5.41) is 0. The van der Waals surface area contributed by atoms with Gasteiger partial charge < -0.3 is 14.2 Å². The summed E-state index contributed by atoms with van der Waals surface area (Å²) in [6, 6.07) is 0.0977. The van der Waals surface area contributed by atoms with Gasteiger partial charge in [-0.1, -0.05) is 4.40 Å². The summed E-state index contributed by atoms with van der Waals surface area (Å²) in [7, 11) is 0. The van der Waals surface area contributed by atoms with Crippen LogP contribution in [-0.4, -0.2) is 44.7 Å². The molecule has 1 aliphatic heterocycles. The fraction of sp³-hybridized carbons (Fsp3) is 0.867. The summed E-state index contributed by atoms with van der Waals surface area (Å²) < 4.78 is 21.0. The highest BCUT2D eigenvalue weighted by molar-refractivity contribution is 7.91. The van der Waals surface area contributed by atoms with Crippen molar-refractivity contribution in [3.05, 3.63) is 0 Å². The summed E-state index contributed by atoms with van der Waals surface area (Å²) in [6.45, 7) is 12.0. The topological polar surface area (TPSA) is 65.0 Å². The Hall–Kier alpha value is -0.750. The van der Waals surface area contributed by atoms with Crippen molar-refractivity contribution < 1.29 is 14.1 Å². The molecule has 0 spiro atoms. The van der Waals surface area contributed by atoms with E-state index in [4.69, 9.17) is 4.74 Å². The third-order valence-electron chi connectivity index (χ3n) is 3.08. The zero-order chi connectivity index (χ0) is 16.3. The Morgan fingerprint density at radius 3 is 2.52 bits per heavy atom. The van der Waals surface area contributed by atoms with E-state index in [1.54, 1.807) is 11.1 Å². The molecule has 0 aromatic rings. The maximum absolute atomic E-state index is 12.1. The van der Waals surface area contributed by atoms with Gasteiger partial charge in [-0.15, -0.1) is 0 Å². The van der Waals surface area contributed by atoms with Crippen LogP contribution in [0.15, 0.2) is 4.40 Å². The van der Waals surface area contributed by atoms with Gasteiger partial charge in [0.25, 0.3) is 0 Å². The van der Waals surface area contributed by atoms with Crippen molar-refractivity contribution in [3.8, 4) is 0 Å². The maximum Gasteiger partial charge on any atom is 0.410 e. The molecule has 1 aliphatic rings. The van der Waals surface area contributed by atoms with Crippen molar-refractivity contribution in [1.82, 2.24) is 4.90 Å². The highest BCUT2D eigenvalue weighted by Gasteiger charge is 2.32. The van der Waals surface area contributed by atoms with Crippen LogP contribution in [0.2, 0.25) is 0 Å². The number of nitrogens with zero attached hydrogens (tertiary/aromatic N) is 2. The van der Waals surface area contributed by atoms with Gasteiger partial charge >= 0.3 is 6.09 Å². The third kappa shape index (κ3) is 6.26. The molecule has 1 amide bonds. The molecule has 0 saturated carbocycles. The van der Waals surface area contributed by atoms with Crippen molar-refractivity contribution in [2.24, 2.45) is 4.40 Å². The highest BCUT2D eigenvalue weighted by Crippen LogP contribution is 2.23. The van der Waals surface area contributed by atoms with Crippen LogP contribution in [0.1, 0.15) is 60.8 Å². The monoisotopic (exact) mass is 316 g/mol. The van der Waals surface area contributed by atoms with Crippen LogP contribution >= 0.6 is 0 Å². The SMILES string of the molecule is CC(C)(C)OC(=O)N1CCCC1C/C=N\[S+]([O-])C(C)(C)C. The minimum atomic E-state index is -1.24. The Morgan fingerprint density at radius 2 is 2.00 bits per heavy atom. The summed E-state index contributed by atoms with van der Waals surface area (Å²) >= 11 is -1.24. The number of hydrogen-bond donors (Lipinski definition) is 0. The van der Waals surface area contributed by atoms with Crippen LogP contribution < -0.4 is 0 Å². The van der Waals surface area contributed by atoms with Crippen molar-refractivity contribution in [1.29, 1.82) is 0 Å². The lowest BCUT2D eigenvalue weighted by molar-refractivity contribution is 0.0232. The first-order valence-corrected chi connectivity index (χ1v) is 8.55. The minimum Gasteiger partial charge on any atom is -0.591 e. The van der Waals surface area contributed by atoms with E-state index in [1.807, 2.05) is 41.5 Å². The largest absolute Gasteiger partial charge is 0.591 e. The smallest absolute Gasteiger partial charge is 0.410 e. The normalized spacial score (nSPS) is 21.9. The molecule has 0 aromatic heterocycles. The second-order valence-electron chi connectivity index (χ2n) is 7.36. The number of carbonyl (C=O) groups excluding carboxylic acids is 1. The standard InChI is InChI=1S/C15H28N2O3S/c1-14(2,3)20-13(18)17-11-7-8-12(17)9-10-16-21(19)15(4,5)6/h10,12H,7-9,11H2,1-6H3/b16-10-. The predicted octanol–water partition coefficient (Wildman–Crippen LogP) is 3.31. The fourth-order valence-corrected chi connectivity index (χ4v) is 2.57. The van der Waals surface area contributed by atoms with Crippen LogP contribution in [0.25, 0.3) is 0 Å². The molecule has 1 saturated heterocycles. The summed E-state index contributed by atoms with van der Waals surface area (Å²) in [6.07, 6.45) is 3.96. The molecule has 0 bridgehead atoms. The second kappa shape index (κ2) is 7.01. The molecule has 0 radical (unpaired) electrons. The zero-order valence-electron chi connectivity index (χ0n) is 14.0. The van der Waals surface area contributed by atoms with E-state index < -0.39 is 17.0 Å². The van der Waals surface area contributed by atoms with Gasteiger partial charge in [0.2, 0.25) is 0 Å². The molecule has 0 N–H and O–H groups in total. The molecule has 2 atom stereocenters. The lowest BCUT2D eigenvalue weighted by Gasteiger charge is -2.28. The van der Waals surface area contributed by atoms with Crippen molar-refractivity contribution in [3.63, 3.8) is 0 Å². The van der Waals surface area contributed by atoms with Crippen LogP contribution in [-0.2, 0) is 16.1 Å². The number of likely N-dealkylation sites (tertiary alicyclic amines) is 1.